The number of hydrogen-bond donors (Lipinski definition) is 4. The van der Waals surface area contributed by atoms with Gasteiger partial charge in [0.2, 0.25) is 0 Å². The molecule has 0 saturated carbocycles. The maximum Gasteiger partial charge on any atom is 0.380 e. The second kappa shape index (κ2) is 62.5. The zero-order chi connectivity index (χ0) is 108. The summed E-state index contributed by atoms with van der Waals surface area (Å²) in [6.45, 7) is 43.9. The molecule has 0 spiro atoms. The Labute approximate surface area is 882 Å². The Bertz CT molecular complexity index is 6840. The molecule has 21 nitrogen and oxygen atoms in total. The Morgan fingerprint density at radius 3 is 0.973 bits per heavy atom. The van der Waals surface area contributed by atoms with Crippen LogP contribution in [0.5, 0.6) is 46.0 Å². The molecule has 0 radical (unpaired) electrons. The number of ether oxygens (including phenoxy) is 4. The van der Waals surface area contributed by atoms with Crippen molar-refractivity contribution in [3.8, 4) is 52.1 Å². The van der Waals surface area contributed by atoms with Crippen molar-refractivity contribution in [3.05, 3.63) is 416 Å². The second-order valence-electron chi connectivity index (χ2n) is 37.1. The molecule has 15 aromatic rings. The van der Waals surface area contributed by atoms with Crippen LogP contribution in [0.2, 0.25) is 10.0 Å². The quantitative estimate of drug-likeness (QED) is 0.0153. The molecular formula is C119H143Cl2N5O16S4. The molecule has 146 heavy (non-hydrogen) atoms. The Hall–Kier alpha value is -12.5. The lowest BCUT2D eigenvalue weighted by molar-refractivity contribution is -0.199. The highest BCUT2D eigenvalue weighted by Crippen LogP contribution is 2.34. The van der Waals surface area contributed by atoms with Crippen LogP contribution < -0.4 is 57.0 Å². The molecule has 0 aromatic heterocycles. The van der Waals surface area contributed by atoms with Gasteiger partial charge in [-0.1, -0.05) is 386 Å². The van der Waals surface area contributed by atoms with E-state index in [1.54, 1.807) is 56.7 Å². The average molecular weight is 2100 g/mol. The Balaban J connectivity index is 0.000000249. The minimum absolute atomic E-state index is 0.0450. The molecule has 15 aromatic carbocycles. The Morgan fingerprint density at radius 1 is 0.281 bits per heavy atom. The van der Waals surface area contributed by atoms with Crippen LogP contribution in [0.25, 0.3) is 32.3 Å². The fourth-order valence-corrected chi connectivity index (χ4v) is 15.4. The van der Waals surface area contributed by atoms with Crippen molar-refractivity contribution in [2.24, 2.45) is 21.3 Å². The maximum atomic E-state index is 10.7. The first-order valence-corrected chi connectivity index (χ1v) is 54.0. The molecule has 0 aliphatic rings. The average Bonchev–Trinajstić information content (AvgIpc) is 0.833. The van der Waals surface area contributed by atoms with Crippen LogP contribution in [-0.2, 0) is 53.4 Å². The van der Waals surface area contributed by atoms with E-state index in [1.807, 2.05) is 179 Å². The van der Waals surface area contributed by atoms with Crippen LogP contribution in [0, 0.1) is 11.3 Å². The minimum Gasteiger partial charge on any atom is -0.497 e. The Morgan fingerprint density at radius 2 is 0.582 bits per heavy atom. The molecule has 0 atom stereocenters. The van der Waals surface area contributed by atoms with Crippen LogP contribution in [-0.4, -0.2) is 39.5 Å². The van der Waals surface area contributed by atoms with Crippen molar-refractivity contribution < 1.29 is 70.3 Å². The van der Waals surface area contributed by atoms with Gasteiger partial charge in [0.25, 0.3) is 12.3 Å². The van der Waals surface area contributed by atoms with Crippen LogP contribution >= 0.6 is 35.5 Å². The van der Waals surface area contributed by atoms with E-state index in [9.17, 15) is 25.3 Å². The topological polar surface area (TPSA) is 323 Å². The van der Waals surface area contributed by atoms with Crippen molar-refractivity contribution in [2.75, 3.05) is 14.2 Å². The predicted octanol–water partition coefficient (Wildman–Crippen LogP) is 31.4. The second-order valence-corrected chi connectivity index (χ2v) is 41.8. The maximum absolute atomic E-state index is 10.7. The first kappa shape index (κ1) is 122. The molecule has 15 rings (SSSR count). The lowest BCUT2D eigenvalue weighted by atomic mass is 9.99. The summed E-state index contributed by atoms with van der Waals surface area (Å²) in [6.07, 6.45) is 0. The summed E-state index contributed by atoms with van der Waals surface area (Å²) in [5.41, 5.74) is 15.5. The third-order valence-electron chi connectivity index (χ3n) is 22.3. The first-order valence-electron chi connectivity index (χ1n) is 48.1. The van der Waals surface area contributed by atoms with Gasteiger partial charge in [0.05, 0.1) is 35.9 Å². The molecule has 0 aliphatic carbocycles. The van der Waals surface area contributed by atoms with Gasteiger partial charge in [-0.05, 0) is 267 Å². The molecule has 0 heterocycles. The number of nitriles is 1. The van der Waals surface area contributed by atoms with E-state index in [2.05, 4.69) is 272 Å². The normalized spacial score (nSPS) is 11.0. The summed E-state index contributed by atoms with van der Waals surface area (Å²) in [5, 5.41) is 31.1. The van der Waals surface area contributed by atoms with Gasteiger partial charge in [-0.15, -0.1) is 9.32 Å². The zero-order valence-corrected chi connectivity index (χ0v) is 92.4. The SMILES string of the molecule is CC(C)c1ccc(C#N)cc1.CC(C)c1ccc(OCc2ccccc2)c(Cl)c1.CC(C)c1ccc(OCc2ccccc2)cc1.CC(C)c1ccc(OS(N)(=O)=O)c(Cl)c1.CC(C)c1ccc(OS(N)(=O)=O)cc1.CC(C)c1ccc2cc(OSOON)ccc2c1.CC(C)c1ccc2ccccc2c1.CC(C)c1cccc(OS(N)(=O)=O)c1.COc1ccc(C(C)C)cc1.COc1ccc2cc(C(C)C)ccc2c1. The van der Waals surface area contributed by atoms with Crippen molar-refractivity contribution in [1.82, 2.24) is 0 Å². The van der Waals surface area contributed by atoms with Gasteiger partial charge in [-0.25, -0.2) is 0 Å². The molecule has 8 N–H and O–H groups in total. The van der Waals surface area contributed by atoms with E-state index in [0.29, 0.717) is 95.5 Å². The van der Waals surface area contributed by atoms with Crippen LogP contribution in [0.15, 0.2) is 334 Å². The van der Waals surface area contributed by atoms with Gasteiger partial charge in [0.15, 0.2) is 5.75 Å². The van der Waals surface area contributed by atoms with Gasteiger partial charge in [-0.3, -0.25) is 0 Å². The summed E-state index contributed by atoms with van der Waals surface area (Å²) in [5.74, 6) is 14.4. The number of fused-ring (bicyclic) bond motifs is 3. The van der Waals surface area contributed by atoms with Gasteiger partial charge < -0.3 is 35.7 Å². The standard InChI is InChI=1S/C16H17ClO.C16H18O.C14H16O.C13H15NO3S.C13H14.C10H11N.C10H14O.C9H12ClNO3S.2C9H13NO3S/c1-12(2)14-8-9-16(15(17)10-14)18-11-13-6-4-3-5-7-13;1-13(2)15-8-10-16(11-9-15)17-12-14-6-4-3-5-7-14;1-10(2)11-4-5-13-9-14(15-3)7-6-12(13)8-11;1-9(2)10-3-4-12-8-13(15-18-17-16-14)6-5-11(12)7-10;1-10(2)12-8-7-11-5-3-4-6-13(11)9-12;1-8(2)10-5-3-9(7-11)4-6-10;1-8(2)9-4-6-10(11-3)7-5-9;1-6(2)7-3-4-9(8(10)5-7)14-15(11,12)13;1-7(2)8-3-5-9(6-4-8)13-14(10,11)12;1-7(2)8-4-3-5-9(6-8)13-14(10,11)12/h3-10,12H,11H2,1-2H3;3-11,13H,12H2,1-2H3;4-10H,1-3H3;3-9H,14H2,1-2H3;3-10H,1-2H3;3-6,8H,1-2H3;4-8H,1-3H3;3-6H,1-2H3,(H2,11,12,13);2*3-7H,1-2H3,(H2,10,11,12). The molecule has 0 fully saturated rings. The van der Waals surface area contributed by atoms with E-state index < -0.39 is 30.9 Å². The molecule has 0 unspecified atom stereocenters. The van der Waals surface area contributed by atoms with Crippen molar-refractivity contribution in [2.45, 2.75) is 211 Å². The number of nitrogens with zero attached hydrogens (tertiary/aromatic N) is 1. The number of halogens is 2. The predicted molar refractivity (Wildman–Crippen MR) is 603 cm³/mol. The fraction of sp³-hybridized carbons (Fsp3) is 0.286. The molecule has 27 heteroatoms. The lowest BCUT2D eigenvalue weighted by Crippen LogP contribution is -2.19. The monoisotopic (exact) mass is 2100 g/mol. The number of nitrogens with two attached hydrogens (primary N) is 4. The minimum atomic E-state index is -4.02. The summed E-state index contributed by atoms with van der Waals surface area (Å²) >= 11 is 12.7. The van der Waals surface area contributed by atoms with Gasteiger partial charge in [-0.2, -0.15) is 51.8 Å². The molecule has 0 bridgehead atoms. The van der Waals surface area contributed by atoms with Crippen LogP contribution in [0.4, 0.5) is 0 Å². The number of rotatable bonds is 28. The number of methoxy groups -OCH3 is 2. The van der Waals surface area contributed by atoms with E-state index in [1.165, 1.54) is 77.5 Å². The summed E-state index contributed by atoms with van der Waals surface area (Å²) < 4.78 is 109. The van der Waals surface area contributed by atoms with Gasteiger partial charge in [0, 0.05) is 0 Å². The van der Waals surface area contributed by atoms with Gasteiger partial charge in [0.1, 0.15) is 53.5 Å². The third kappa shape index (κ3) is 46.5. The van der Waals surface area contributed by atoms with Crippen LogP contribution in [0.3, 0.4) is 0 Å². The zero-order valence-electron chi connectivity index (χ0n) is 87.6. The summed E-state index contributed by atoms with van der Waals surface area (Å²) in [4.78, 5) is 3.93. The number of hydrogen-bond acceptors (Lipinski definition) is 19. The molecule has 778 valence electrons. The third-order valence-corrected chi connectivity index (χ3v) is 24.6. The highest BCUT2D eigenvalue weighted by Gasteiger charge is 2.15. The van der Waals surface area contributed by atoms with Gasteiger partial charge >= 0.3 is 30.9 Å². The molecular weight excluding hydrogens is 1950 g/mol. The fourth-order valence-electron chi connectivity index (χ4n) is 13.5. The molecule has 0 aliphatic heterocycles. The summed E-state index contributed by atoms with van der Waals surface area (Å²) in [7, 11) is -8.46. The summed E-state index contributed by atoms with van der Waals surface area (Å²) in [6, 6.07) is 111. The first-order chi connectivity index (χ1) is 69.1. The van der Waals surface area contributed by atoms with Crippen molar-refractivity contribution >= 4 is 98.8 Å². The highest BCUT2D eigenvalue weighted by molar-refractivity contribution is 7.90. The molecule has 0 amide bonds. The van der Waals surface area contributed by atoms with Crippen LogP contribution in [0.1, 0.15) is 270 Å². The number of benzene rings is 15. The van der Waals surface area contributed by atoms with Crippen molar-refractivity contribution in [1.29, 1.82) is 5.26 Å². The molecule has 0 saturated heterocycles. The van der Waals surface area contributed by atoms with Crippen molar-refractivity contribution in [3.63, 3.8) is 0 Å². The van der Waals surface area contributed by atoms with E-state index in [-0.39, 0.29) is 22.3 Å². The lowest BCUT2D eigenvalue weighted by Gasteiger charge is -2.11. The van der Waals surface area contributed by atoms with E-state index in [0.717, 1.165) is 56.2 Å². The van der Waals surface area contributed by atoms with E-state index in [4.69, 9.17) is 72.9 Å². The smallest absolute Gasteiger partial charge is 0.380 e. The largest absolute Gasteiger partial charge is 0.497 e. The Kier molecular flexibility index (Phi) is 52.3. The van der Waals surface area contributed by atoms with E-state index >= 15 is 0 Å². The highest BCUT2D eigenvalue weighted by atomic mass is 35.5.